The van der Waals surface area contributed by atoms with E-state index in [4.69, 9.17) is 14.2 Å². The van der Waals surface area contributed by atoms with Gasteiger partial charge in [-0.2, -0.15) is 0 Å². The first-order chi connectivity index (χ1) is 8.72. The highest BCUT2D eigenvalue weighted by atomic mass is 16.7. The third-order valence-corrected chi connectivity index (χ3v) is 2.72. The van der Waals surface area contributed by atoms with Gasteiger partial charge in [-0.05, 0) is 25.7 Å². The molecule has 0 radical (unpaired) electrons. The van der Waals surface area contributed by atoms with Gasteiger partial charge in [0.2, 0.25) is 0 Å². The van der Waals surface area contributed by atoms with Gasteiger partial charge in [0.1, 0.15) is 0 Å². The molecule has 0 bridgehead atoms. The highest BCUT2D eigenvalue weighted by Crippen LogP contribution is 2.12. The Morgan fingerprint density at radius 3 is 2.83 bits per heavy atom. The summed E-state index contributed by atoms with van der Waals surface area (Å²) in [5.74, 6) is 0.0887. The summed E-state index contributed by atoms with van der Waals surface area (Å²) in [6.45, 7) is 5.89. The van der Waals surface area contributed by atoms with Crippen LogP contribution in [0.25, 0.3) is 0 Å². The summed E-state index contributed by atoms with van der Waals surface area (Å²) in [5.41, 5.74) is 0. The van der Waals surface area contributed by atoms with Crippen molar-refractivity contribution >= 4 is 5.97 Å². The minimum absolute atomic E-state index is 0.0521. The lowest BCUT2D eigenvalue weighted by Crippen LogP contribution is -2.24. The molecule has 4 nitrogen and oxygen atoms in total. The smallest absolute Gasteiger partial charge is 0.306 e. The lowest BCUT2D eigenvalue weighted by atomic mass is 10.1. The summed E-state index contributed by atoms with van der Waals surface area (Å²) in [7, 11) is 0. The topological polar surface area (TPSA) is 44.8 Å². The van der Waals surface area contributed by atoms with Gasteiger partial charge in [-0.15, -0.1) is 0 Å². The van der Waals surface area contributed by atoms with E-state index in [9.17, 15) is 4.79 Å². The zero-order valence-electron chi connectivity index (χ0n) is 11.4. The highest BCUT2D eigenvalue weighted by molar-refractivity contribution is 5.69. The number of carbonyl (C=O) groups excluding carboxylic acids is 1. The molecule has 1 rings (SSSR count). The Balaban J connectivity index is 2.09. The Labute approximate surface area is 109 Å². The molecule has 0 aromatic rings. The van der Waals surface area contributed by atoms with Crippen molar-refractivity contribution in [1.29, 1.82) is 0 Å². The van der Waals surface area contributed by atoms with Crippen LogP contribution in [0.4, 0.5) is 0 Å². The molecule has 104 valence electrons. The van der Waals surface area contributed by atoms with Crippen LogP contribution >= 0.6 is 0 Å². The minimum Gasteiger partial charge on any atom is -0.466 e. The molecule has 0 spiro atoms. The molecule has 0 amide bonds. The number of carbonyl (C=O) groups is 1. The zero-order valence-corrected chi connectivity index (χ0v) is 11.4. The van der Waals surface area contributed by atoms with E-state index in [1.54, 1.807) is 0 Å². The second kappa shape index (κ2) is 9.11. The van der Waals surface area contributed by atoms with E-state index < -0.39 is 0 Å². The Hall–Kier alpha value is -0.870. The second-order valence-electron chi connectivity index (χ2n) is 4.52. The van der Waals surface area contributed by atoms with Gasteiger partial charge in [0.15, 0.2) is 6.29 Å². The first kappa shape index (κ1) is 15.2. The average Bonchev–Trinajstić information content (AvgIpc) is 2.36. The lowest BCUT2D eigenvalue weighted by molar-refractivity contribution is -0.180. The van der Waals surface area contributed by atoms with E-state index in [1.807, 2.05) is 13.8 Å². The van der Waals surface area contributed by atoms with Gasteiger partial charge in [-0.1, -0.05) is 19.1 Å². The highest BCUT2D eigenvalue weighted by Gasteiger charge is 2.12. The van der Waals surface area contributed by atoms with Crippen molar-refractivity contribution in [2.24, 2.45) is 5.92 Å². The molecule has 0 aromatic heterocycles. The van der Waals surface area contributed by atoms with Crippen molar-refractivity contribution in [2.45, 2.75) is 45.8 Å². The number of allylic oxidation sites excluding steroid dienone is 2. The molecule has 1 fully saturated rings. The van der Waals surface area contributed by atoms with Gasteiger partial charge < -0.3 is 14.2 Å². The maximum absolute atomic E-state index is 11.2. The summed E-state index contributed by atoms with van der Waals surface area (Å²) >= 11 is 0. The molecule has 1 aliphatic rings. The normalized spacial score (nSPS) is 19.0. The van der Waals surface area contributed by atoms with Crippen molar-refractivity contribution in [3.05, 3.63) is 12.2 Å². The first-order valence-electron chi connectivity index (χ1n) is 6.78. The molecule has 1 unspecified atom stereocenters. The van der Waals surface area contributed by atoms with Gasteiger partial charge in [0.25, 0.3) is 0 Å². The molecule has 0 aromatic carbocycles. The van der Waals surface area contributed by atoms with Crippen molar-refractivity contribution in [1.82, 2.24) is 0 Å². The van der Waals surface area contributed by atoms with Crippen LogP contribution in [0.1, 0.15) is 39.5 Å². The molecule has 0 N–H and O–H groups in total. The van der Waals surface area contributed by atoms with E-state index in [1.165, 1.54) is 0 Å². The van der Waals surface area contributed by atoms with E-state index in [0.29, 0.717) is 13.0 Å². The number of ether oxygens (including phenoxy) is 3. The fourth-order valence-corrected chi connectivity index (χ4v) is 1.81. The molecule has 1 saturated heterocycles. The molecule has 1 heterocycles. The summed E-state index contributed by atoms with van der Waals surface area (Å²) in [6.07, 6.45) is 7.32. The number of esters is 1. The Bertz CT molecular complexity index is 257. The van der Waals surface area contributed by atoms with Crippen LogP contribution in [0.15, 0.2) is 12.2 Å². The van der Waals surface area contributed by atoms with Crippen molar-refractivity contribution < 1.29 is 19.0 Å². The summed E-state index contributed by atoms with van der Waals surface area (Å²) in [6, 6.07) is 0. The van der Waals surface area contributed by atoms with Crippen LogP contribution in [0.5, 0.6) is 0 Å². The molecule has 4 heteroatoms. The quantitative estimate of drug-likeness (QED) is 0.519. The number of hydrogen-bond acceptors (Lipinski definition) is 4. The average molecular weight is 256 g/mol. The molecule has 1 aliphatic heterocycles. The molecular weight excluding hydrogens is 232 g/mol. The van der Waals surface area contributed by atoms with Crippen molar-refractivity contribution in [3.8, 4) is 0 Å². The number of hydrogen-bond donors (Lipinski definition) is 0. The van der Waals surface area contributed by atoms with E-state index in [2.05, 4.69) is 12.2 Å². The van der Waals surface area contributed by atoms with Crippen LogP contribution in [0.2, 0.25) is 0 Å². The Morgan fingerprint density at radius 2 is 2.17 bits per heavy atom. The van der Waals surface area contributed by atoms with Crippen molar-refractivity contribution in [2.75, 3.05) is 19.8 Å². The van der Waals surface area contributed by atoms with Crippen LogP contribution < -0.4 is 0 Å². The fraction of sp³-hybridized carbons (Fsp3) is 0.786. The Kier molecular flexibility index (Phi) is 7.69. The molecular formula is C14H24O4. The summed E-state index contributed by atoms with van der Waals surface area (Å²) in [5, 5.41) is 0. The third-order valence-electron chi connectivity index (χ3n) is 2.72. The van der Waals surface area contributed by atoms with Crippen LogP contribution in [-0.2, 0) is 19.0 Å². The Morgan fingerprint density at radius 1 is 1.44 bits per heavy atom. The van der Waals surface area contributed by atoms with E-state index in [-0.39, 0.29) is 18.2 Å². The fourth-order valence-electron chi connectivity index (χ4n) is 1.81. The summed E-state index contributed by atoms with van der Waals surface area (Å²) < 4.78 is 15.8. The standard InChI is InChI=1S/C14H24O4/c1-3-16-13(15)11-12(2)7-4-5-8-14-17-9-6-10-18-14/h4,7,12,14H,3,5-6,8-11H2,1-2H3/b7-4+. The molecule has 0 saturated carbocycles. The van der Waals surface area contributed by atoms with Gasteiger partial charge in [0, 0.05) is 6.42 Å². The second-order valence-corrected chi connectivity index (χ2v) is 4.52. The predicted octanol–water partition coefficient (Wildman–Crippen LogP) is 2.68. The van der Waals surface area contributed by atoms with Gasteiger partial charge in [0.05, 0.1) is 26.2 Å². The van der Waals surface area contributed by atoms with Crippen LogP contribution in [-0.4, -0.2) is 32.1 Å². The van der Waals surface area contributed by atoms with Crippen LogP contribution in [0.3, 0.4) is 0 Å². The third kappa shape index (κ3) is 6.77. The SMILES string of the molecule is CCOC(=O)CC(C)/C=C/CCC1OCCCO1. The van der Waals surface area contributed by atoms with Gasteiger partial charge in [-0.25, -0.2) is 0 Å². The number of rotatable bonds is 7. The van der Waals surface area contributed by atoms with Crippen molar-refractivity contribution in [3.63, 3.8) is 0 Å². The van der Waals surface area contributed by atoms with Gasteiger partial charge in [-0.3, -0.25) is 4.79 Å². The zero-order chi connectivity index (χ0) is 13.2. The molecule has 0 aliphatic carbocycles. The van der Waals surface area contributed by atoms with E-state index in [0.717, 1.165) is 32.5 Å². The van der Waals surface area contributed by atoms with Gasteiger partial charge >= 0.3 is 5.97 Å². The predicted molar refractivity (Wildman–Crippen MR) is 69.1 cm³/mol. The molecule has 18 heavy (non-hydrogen) atoms. The largest absolute Gasteiger partial charge is 0.466 e. The molecule has 1 atom stereocenters. The monoisotopic (exact) mass is 256 g/mol. The minimum atomic E-state index is -0.131. The van der Waals surface area contributed by atoms with E-state index >= 15 is 0 Å². The lowest BCUT2D eigenvalue weighted by Gasteiger charge is -2.22. The summed E-state index contributed by atoms with van der Waals surface area (Å²) in [4.78, 5) is 11.2. The maximum Gasteiger partial charge on any atom is 0.306 e. The maximum atomic E-state index is 11.2. The first-order valence-corrected chi connectivity index (χ1v) is 6.78. The van der Waals surface area contributed by atoms with Crippen LogP contribution in [0, 0.1) is 5.92 Å².